The number of nitriles is 1. The SMILES string of the molecule is CCCCCCCC(=O)N(C)Cc1cccc(-c2ccc(Nc3ccccc3C#N)cc2)c1. The van der Waals surface area contributed by atoms with Crippen LogP contribution in [0.5, 0.6) is 0 Å². The summed E-state index contributed by atoms with van der Waals surface area (Å²) in [4.78, 5) is 14.3. The fraction of sp³-hybridized carbons (Fsp3) is 0.310. The highest BCUT2D eigenvalue weighted by Crippen LogP contribution is 2.25. The van der Waals surface area contributed by atoms with Crippen LogP contribution in [-0.2, 0) is 11.3 Å². The molecule has 1 N–H and O–H groups in total. The van der Waals surface area contributed by atoms with Gasteiger partial charge in [-0.15, -0.1) is 0 Å². The van der Waals surface area contributed by atoms with Gasteiger partial charge in [-0.3, -0.25) is 4.79 Å². The number of rotatable bonds is 11. The molecular weight excluding hydrogens is 406 g/mol. The standard InChI is InChI=1S/C29H33N3O/c1-3-4-5-6-7-15-29(33)32(2)22-23-11-10-13-25(20-23)24-16-18-27(19-17-24)31-28-14-9-8-12-26(28)21-30/h8-14,16-20,31H,3-7,15,22H2,1-2H3. The molecule has 0 unspecified atom stereocenters. The smallest absolute Gasteiger partial charge is 0.222 e. The Kier molecular flexibility index (Phi) is 9.08. The zero-order chi connectivity index (χ0) is 23.5. The van der Waals surface area contributed by atoms with Crippen molar-refractivity contribution < 1.29 is 4.79 Å². The number of nitrogens with one attached hydrogen (secondary N) is 1. The van der Waals surface area contributed by atoms with Crippen molar-refractivity contribution in [2.45, 2.75) is 52.0 Å². The van der Waals surface area contributed by atoms with E-state index in [1.165, 1.54) is 19.3 Å². The molecule has 0 saturated carbocycles. The van der Waals surface area contributed by atoms with E-state index in [0.29, 0.717) is 18.5 Å². The summed E-state index contributed by atoms with van der Waals surface area (Å²) in [6.45, 7) is 2.82. The van der Waals surface area contributed by atoms with E-state index in [0.717, 1.165) is 40.9 Å². The summed E-state index contributed by atoms with van der Waals surface area (Å²) in [7, 11) is 1.89. The van der Waals surface area contributed by atoms with Gasteiger partial charge in [0.25, 0.3) is 0 Å². The second kappa shape index (κ2) is 12.5. The van der Waals surface area contributed by atoms with Gasteiger partial charge >= 0.3 is 0 Å². The maximum atomic E-state index is 12.5. The van der Waals surface area contributed by atoms with Crippen molar-refractivity contribution in [3.8, 4) is 17.2 Å². The normalized spacial score (nSPS) is 10.5. The van der Waals surface area contributed by atoms with Gasteiger partial charge in [-0.05, 0) is 53.4 Å². The number of benzene rings is 3. The van der Waals surface area contributed by atoms with E-state index in [1.807, 2.05) is 48.3 Å². The van der Waals surface area contributed by atoms with Crippen LogP contribution in [0.2, 0.25) is 0 Å². The monoisotopic (exact) mass is 439 g/mol. The summed E-state index contributed by atoms with van der Waals surface area (Å²) >= 11 is 0. The van der Waals surface area contributed by atoms with Crippen molar-refractivity contribution in [2.75, 3.05) is 12.4 Å². The van der Waals surface area contributed by atoms with Gasteiger partial charge in [0.1, 0.15) is 6.07 Å². The molecule has 0 aliphatic carbocycles. The number of hydrogen-bond donors (Lipinski definition) is 1. The van der Waals surface area contributed by atoms with Crippen LogP contribution in [0.4, 0.5) is 11.4 Å². The number of anilines is 2. The summed E-state index contributed by atoms with van der Waals surface area (Å²) < 4.78 is 0. The molecule has 0 radical (unpaired) electrons. The van der Waals surface area contributed by atoms with Crippen molar-refractivity contribution in [1.82, 2.24) is 4.90 Å². The first-order chi connectivity index (χ1) is 16.1. The molecule has 4 heteroatoms. The van der Waals surface area contributed by atoms with E-state index in [4.69, 9.17) is 0 Å². The Morgan fingerprint density at radius 2 is 1.67 bits per heavy atom. The van der Waals surface area contributed by atoms with E-state index < -0.39 is 0 Å². The average Bonchev–Trinajstić information content (AvgIpc) is 2.84. The Labute approximate surface area is 197 Å². The van der Waals surface area contributed by atoms with E-state index in [-0.39, 0.29) is 5.91 Å². The molecule has 0 aliphatic rings. The van der Waals surface area contributed by atoms with Gasteiger partial charge in [0.2, 0.25) is 5.91 Å². The molecule has 0 spiro atoms. The van der Waals surface area contributed by atoms with Gasteiger partial charge in [0.15, 0.2) is 0 Å². The lowest BCUT2D eigenvalue weighted by Gasteiger charge is -2.18. The van der Waals surface area contributed by atoms with Crippen LogP contribution in [0.3, 0.4) is 0 Å². The van der Waals surface area contributed by atoms with Gasteiger partial charge in [-0.1, -0.05) is 75.1 Å². The second-order valence-electron chi connectivity index (χ2n) is 8.47. The van der Waals surface area contributed by atoms with Crippen molar-refractivity contribution in [3.63, 3.8) is 0 Å². The number of hydrogen-bond acceptors (Lipinski definition) is 3. The second-order valence-corrected chi connectivity index (χ2v) is 8.47. The first-order valence-corrected chi connectivity index (χ1v) is 11.8. The Morgan fingerprint density at radius 3 is 2.42 bits per heavy atom. The van der Waals surface area contributed by atoms with Gasteiger partial charge in [-0.25, -0.2) is 0 Å². The molecule has 33 heavy (non-hydrogen) atoms. The summed E-state index contributed by atoms with van der Waals surface area (Å²) in [5, 5.41) is 12.6. The number of carbonyl (C=O) groups excluding carboxylic acids is 1. The third-order valence-electron chi connectivity index (χ3n) is 5.81. The maximum Gasteiger partial charge on any atom is 0.222 e. The lowest BCUT2D eigenvalue weighted by Crippen LogP contribution is -2.25. The Bertz CT molecular complexity index is 1080. The van der Waals surface area contributed by atoms with E-state index >= 15 is 0 Å². The predicted molar refractivity (Wildman–Crippen MR) is 136 cm³/mol. The van der Waals surface area contributed by atoms with Gasteiger partial charge in [-0.2, -0.15) is 5.26 Å². The zero-order valence-electron chi connectivity index (χ0n) is 19.7. The molecule has 3 rings (SSSR count). The number of para-hydroxylation sites is 1. The van der Waals surface area contributed by atoms with Crippen LogP contribution < -0.4 is 5.32 Å². The van der Waals surface area contributed by atoms with Gasteiger partial charge in [0, 0.05) is 25.7 Å². The molecular formula is C29H33N3O. The van der Waals surface area contributed by atoms with Crippen LogP contribution in [0, 0.1) is 11.3 Å². The first kappa shape index (κ1) is 24.1. The topological polar surface area (TPSA) is 56.1 Å². The molecule has 0 fully saturated rings. The van der Waals surface area contributed by atoms with Crippen LogP contribution in [0.1, 0.15) is 56.6 Å². The van der Waals surface area contributed by atoms with E-state index in [1.54, 1.807) is 6.07 Å². The first-order valence-electron chi connectivity index (χ1n) is 11.8. The highest BCUT2D eigenvalue weighted by Gasteiger charge is 2.10. The molecule has 0 saturated heterocycles. The summed E-state index contributed by atoms with van der Waals surface area (Å²) in [6.07, 6.45) is 6.43. The van der Waals surface area contributed by atoms with Crippen molar-refractivity contribution in [3.05, 3.63) is 83.9 Å². The third-order valence-corrected chi connectivity index (χ3v) is 5.81. The third kappa shape index (κ3) is 7.22. The fourth-order valence-electron chi connectivity index (χ4n) is 3.87. The van der Waals surface area contributed by atoms with Crippen LogP contribution in [0.15, 0.2) is 72.8 Å². The molecule has 0 heterocycles. The van der Waals surface area contributed by atoms with Crippen molar-refractivity contribution in [2.24, 2.45) is 0 Å². The minimum Gasteiger partial charge on any atom is -0.354 e. The molecule has 0 atom stereocenters. The maximum absolute atomic E-state index is 12.5. The summed E-state index contributed by atoms with van der Waals surface area (Å²) in [5.74, 6) is 0.213. The number of unbranched alkanes of at least 4 members (excludes halogenated alkanes) is 4. The zero-order valence-corrected chi connectivity index (χ0v) is 19.7. The molecule has 4 nitrogen and oxygen atoms in total. The van der Waals surface area contributed by atoms with E-state index in [2.05, 4.69) is 48.6 Å². The lowest BCUT2D eigenvalue weighted by molar-refractivity contribution is -0.130. The summed E-state index contributed by atoms with van der Waals surface area (Å²) in [5.41, 5.74) is 5.71. The fourth-order valence-corrected chi connectivity index (χ4v) is 3.87. The number of nitrogens with zero attached hydrogens (tertiary/aromatic N) is 2. The van der Waals surface area contributed by atoms with Gasteiger partial charge in [0.05, 0.1) is 11.3 Å². The largest absolute Gasteiger partial charge is 0.354 e. The Morgan fingerprint density at radius 1 is 0.909 bits per heavy atom. The minimum absolute atomic E-state index is 0.213. The van der Waals surface area contributed by atoms with Crippen LogP contribution in [-0.4, -0.2) is 17.9 Å². The molecule has 0 aliphatic heterocycles. The predicted octanol–water partition coefficient (Wildman–Crippen LogP) is 7.29. The highest BCUT2D eigenvalue weighted by atomic mass is 16.2. The molecule has 3 aromatic rings. The summed E-state index contributed by atoms with van der Waals surface area (Å²) in [6, 6.07) is 26.2. The average molecular weight is 440 g/mol. The van der Waals surface area contributed by atoms with Crippen molar-refractivity contribution >= 4 is 17.3 Å². The number of carbonyl (C=O) groups is 1. The lowest BCUT2D eigenvalue weighted by atomic mass is 10.0. The molecule has 3 aromatic carbocycles. The molecule has 0 bridgehead atoms. The molecule has 0 aromatic heterocycles. The van der Waals surface area contributed by atoms with Crippen LogP contribution in [0.25, 0.3) is 11.1 Å². The minimum atomic E-state index is 0.213. The van der Waals surface area contributed by atoms with E-state index in [9.17, 15) is 10.1 Å². The molecule has 170 valence electrons. The van der Waals surface area contributed by atoms with Crippen molar-refractivity contribution in [1.29, 1.82) is 5.26 Å². The molecule has 1 amide bonds. The number of amides is 1. The Hall–Kier alpha value is -3.58. The van der Waals surface area contributed by atoms with Crippen LogP contribution >= 0.6 is 0 Å². The highest BCUT2D eigenvalue weighted by molar-refractivity contribution is 5.76. The quantitative estimate of drug-likeness (QED) is 0.319. The van der Waals surface area contributed by atoms with Gasteiger partial charge < -0.3 is 10.2 Å². The Balaban J connectivity index is 1.60.